The van der Waals surface area contributed by atoms with Gasteiger partial charge in [-0.05, 0) is 55.5 Å². The molecule has 1 aromatic carbocycles. The molecule has 0 aliphatic rings. The topological polar surface area (TPSA) is 120 Å². The number of hydrogen-bond donors (Lipinski definition) is 2. The van der Waals surface area contributed by atoms with Crippen LogP contribution in [0.3, 0.4) is 0 Å². The Hall–Kier alpha value is -4.34. The van der Waals surface area contributed by atoms with Crippen molar-refractivity contribution in [1.82, 2.24) is 35.5 Å². The van der Waals surface area contributed by atoms with Crippen molar-refractivity contribution in [2.45, 2.75) is 6.92 Å². The molecule has 3 aromatic heterocycles. The fourth-order valence-corrected chi connectivity index (χ4v) is 2.65. The first-order valence-electron chi connectivity index (χ1n) is 9.61. The Morgan fingerprint density at radius 2 is 1.84 bits per heavy atom. The molecule has 1 amide bonds. The number of hydrogen-bond acceptors (Lipinski definition) is 8. The fraction of sp³-hybridized carbons (Fsp3) is 0.143. The maximum atomic E-state index is 12.3. The number of amides is 1. The first kappa shape index (κ1) is 20.0. The van der Waals surface area contributed by atoms with Crippen molar-refractivity contribution in [3.63, 3.8) is 0 Å². The minimum atomic E-state index is -0.177. The Morgan fingerprint density at radius 1 is 0.968 bits per heavy atom. The minimum absolute atomic E-state index is 0.177. The van der Waals surface area contributed by atoms with Crippen molar-refractivity contribution in [2.24, 2.45) is 0 Å². The summed E-state index contributed by atoms with van der Waals surface area (Å²) in [5, 5.41) is 26.2. The maximum absolute atomic E-state index is 12.3. The second-order valence-corrected chi connectivity index (χ2v) is 6.55. The lowest BCUT2D eigenvalue weighted by atomic mass is 10.2. The molecule has 0 aliphatic heterocycles. The van der Waals surface area contributed by atoms with Crippen LogP contribution in [-0.2, 0) is 0 Å². The van der Waals surface area contributed by atoms with Gasteiger partial charge in [0.05, 0.1) is 5.69 Å². The Balaban J connectivity index is 1.22. The minimum Gasteiger partial charge on any atom is -0.438 e. The van der Waals surface area contributed by atoms with Gasteiger partial charge in [0.1, 0.15) is 11.6 Å². The molecule has 0 unspecified atom stereocenters. The molecule has 0 saturated heterocycles. The highest BCUT2D eigenvalue weighted by molar-refractivity contribution is 5.94. The zero-order valence-corrected chi connectivity index (χ0v) is 16.8. The monoisotopic (exact) mass is 416 g/mol. The predicted octanol–water partition coefficient (Wildman–Crippen LogP) is 2.39. The summed E-state index contributed by atoms with van der Waals surface area (Å²) in [4.78, 5) is 12.3. The van der Waals surface area contributed by atoms with Crippen molar-refractivity contribution in [3.05, 3.63) is 78.2 Å². The first-order valence-corrected chi connectivity index (χ1v) is 9.61. The summed E-state index contributed by atoms with van der Waals surface area (Å²) in [6, 6.07) is 15.8. The van der Waals surface area contributed by atoms with Crippen LogP contribution in [0.4, 0.5) is 5.82 Å². The van der Waals surface area contributed by atoms with E-state index < -0.39 is 0 Å². The molecule has 4 rings (SSSR count). The van der Waals surface area contributed by atoms with Gasteiger partial charge in [0.15, 0.2) is 5.82 Å². The number of carbonyl (C=O) groups is 1. The molecule has 4 aromatic rings. The van der Waals surface area contributed by atoms with E-state index in [0.29, 0.717) is 41.9 Å². The van der Waals surface area contributed by atoms with E-state index in [0.717, 1.165) is 5.69 Å². The smallest absolute Gasteiger partial charge is 0.251 e. The highest BCUT2D eigenvalue weighted by Crippen LogP contribution is 2.19. The molecule has 10 nitrogen and oxygen atoms in total. The summed E-state index contributed by atoms with van der Waals surface area (Å²) >= 11 is 0. The summed E-state index contributed by atoms with van der Waals surface area (Å²) < 4.78 is 7.24. The number of aromatic nitrogens is 6. The van der Waals surface area contributed by atoms with Gasteiger partial charge < -0.3 is 15.4 Å². The van der Waals surface area contributed by atoms with Gasteiger partial charge in [-0.3, -0.25) is 4.79 Å². The average Bonchev–Trinajstić information content (AvgIpc) is 3.34. The third-order valence-corrected chi connectivity index (χ3v) is 4.22. The Labute approximate surface area is 178 Å². The van der Waals surface area contributed by atoms with E-state index in [4.69, 9.17) is 4.74 Å². The van der Waals surface area contributed by atoms with E-state index in [2.05, 4.69) is 36.1 Å². The van der Waals surface area contributed by atoms with Crippen LogP contribution in [0.15, 0.2) is 67.0 Å². The second kappa shape index (κ2) is 9.44. The summed E-state index contributed by atoms with van der Waals surface area (Å²) in [6.45, 7) is 2.79. The van der Waals surface area contributed by atoms with E-state index in [1.165, 1.54) is 0 Å². The van der Waals surface area contributed by atoms with Crippen LogP contribution in [0, 0.1) is 6.92 Å². The number of aryl methyl sites for hydroxylation is 1. The molecule has 3 heterocycles. The molecule has 0 spiro atoms. The fourth-order valence-electron chi connectivity index (χ4n) is 2.65. The van der Waals surface area contributed by atoms with E-state index in [-0.39, 0.29) is 5.91 Å². The van der Waals surface area contributed by atoms with Crippen molar-refractivity contribution in [1.29, 1.82) is 0 Å². The zero-order valence-electron chi connectivity index (χ0n) is 16.8. The summed E-state index contributed by atoms with van der Waals surface area (Å²) in [7, 11) is 0. The molecule has 0 aliphatic carbocycles. The molecule has 156 valence electrons. The zero-order chi connectivity index (χ0) is 21.5. The third kappa shape index (κ3) is 5.38. The summed E-state index contributed by atoms with van der Waals surface area (Å²) in [5.74, 6) is 2.04. The van der Waals surface area contributed by atoms with Gasteiger partial charge in [0.2, 0.25) is 5.88 Å². The van der Waals surface area contributed by atoms with Crippen molar-refractivity contribution >= 4 is 11.7 Å². The predicted molar refractivity (Wildman–Crippen MR) is 113 cm³/mol. The van der Waals surface area contributed by atoms with E-state index in [1.54, 1.807) is 47.4 Å². The number of ether oxygens (including phenoxy) is 1. The quantitative estimate of drug-likeness (QED) is 0.420. The molecule has 0 bridgehead atoms. The normalized spacial score (nSPS) is 10.5. The Bertz CT molecular complexity index is 1110. The summed E-state index contributed by atoms with van der Waals surface area (Å²) in [5.41, 5.74) is 1.35. The lowest BCUT2D eigenvalue weighted by Crippen LogP contribution is -2.28. The van der Waals surface area contributed by atoms with Crippen molar-refractivity contribution in [3.8, 4) is 17.4 Å². The summed E-state index contributed by atoms with van der Waals surface area (Å²) in [6.07, 6.45) is 3.47. The molecular weight excluding hydrogens is 396 g/mol. The third-order valence-electron chi connectivity index (χ3n) is 4.22. The number of nitrogens with zero attached hydrogens (tertiary/aromatic N) is 6. The number of carbonyl (C=O) groups excluding carboxylic acids is 1. The van der Waals surface area contributed by atoms with Gasteiger partial charge in [-0.1, -0.05) is 0 Å². The van der Waals surface area contributed by atoms with Crippen molar-refractivity contribution in [2.75, 3.05) is 18.4 Å². The number of rotatable bonds is 8. The number of nitrogens with one attached hydrogen (secondary N) is 2. The van der Waals surface area contributed by atoms with Gasteiger partial charge in [-0.25, -0.2) is 4.68 Å². The van der Waals surface area contributed by atoms with E-state index in [9.17, 15) is 4.79 Å². The van der Waals surface area contributed by atoms with Gasteiger partial charge in [0, 0.05) is 37.1 Å². The number of anilines is 1. The van der Waals surface area contributed by atoms with Gasteiger partial charge >= 0.3 is 0 Å². The number of benzene rings is 1. The molecule has 0 fully saturated rings. The highest BCUT2D eigenvalue weighted by Gasteiger charge is 2.06. The van der Waals surface area contributed by atoms with Gasteiger partial charge in [0.25, 0.3) is 5.91 Å². The van der Waals surface area contributed by atoms with Gasteiger partial charge in [-0.2, -0.15) is 10.2 Å². The van der Waals surface area contributed by atoms with Crippen LogP contribution in [0.5, 0.6) is 11.6 Å². The molecular formula is C21H20N8O2. The van der Waals surface area contributed by atoms with Crippen LogP contribution in [0.1, 0.15) is 16.1 Å². The lowest BCUT2D eigenvalue weighted by Gasteiger charge is -2.08. The standard InChI is InChI=1S/C21H20N8O2/c1-15-3-10-20(28-25-15)31-17-6-4-16(5-7-17)21(30)23-13-12-22-18-8-9-19(27-26-18)29-14-2-11-24-29/h2-11,14H,12-13H2,1H3,(H,22,26)(H,23,30). The highest BCUT2D eigenvalue weighted by atomic mass is 16.5. The van der Waals surface area contributed by atoms with Crippen molar-refractivity contribution < 1.29 is 9.53 Å². The Kier molecular flexibility index (Phi) is 6.08. The molecule has 10 heteroatoms. The molecule has 0 atom stereocenters. The average molecular weight is 416 g/mol. The van der Waals surface area contributed by atoms with Gasteiger partial charge in [-0.15, -0.1) is 15.3 Å². The SMILES string of the molecule is Cc1ccc(Oc2ccc(C(=O)NCCNc3ccc(-n4cccn4)nn3)cc2)nn1. The lowest BCUT2D eigenvalue weighted by molar-refractivity contribution is 0.0955. The van der Waals surface area contributed by atoms with Crippen LogP contribution in [-0.4, -0.2) is 49.2 Å². The van der Waals surface area contributed by atoms with Crippen LogP contribution in [0.25, 0.3) is 5.82 Å². The largest absolute Gasteiger partial charge is 0.438 e. The van der Waals surface area contributed by atoms with Crippen LogP contribution < -0.4 is 15.4 Å². The molecule has 2 N–H and O–H groups in total. The van der Waals surface area contributed by atoms with Crippen LogP contribution in [0.2, 0.25) is 0 Å². The maximum Gasteiger partial charge on any atom is 0.251 e. The second-order valence-electron chi connectivity index (χ2n) is 6.55. The molecule has 0 radical (unpaired) electrons. The van der Waals surface area contributed by atoms with E-state index >= 15 is 0 Å². The Morgan fingerprint density at radius 3 is 2.52 bits per heavy atom. The molecule has 31 heavy (non-hydrogen) atoms. The van der Waals surface area contributed by atoms with Crippen LogP contribution >= 0.6 is 0 Å². The first-order chi connectivity index (χ1) is 15.2. The molecule has 0 saturated carbocycles. The van der Waals surface area contributed by atoms with E-state index in [1.807, 2.05) is 31.2 Å².